The lowest BCUT2D eigenvalue weighted by Gasteiger charge is -2.02. The highest BCUT2D eigenvalue weighted by molar-refractivity contribution is 6.07. The van der Waals surface area contributed by atoms with E-state index in [1.807, 2.05) is 24.3 Å². The van der Waals surface area contributed by atoms with E-state index in [4.69, 9.17) is 5.73 Å². The molecule has 0 fully saturated rings. The summed E-state index contributed by atoms with van der Waals surface area (Å²) in [5.74, 6) is 0.531. The number of aromatic nitrogens is 3. The maximum Gasteiger partial charge on any atom is 0.138 e. The fourth-order valence-electron chi connectivity index (χ4n) is 2.50. The molecular weight excluding hydrogens is 248 g/mol. The fraction of sp³-hybridized carbons (Fsp3) is 0. The molecule has 0 saturated carbocycles. The number of hydrogen-bond donors (Lipinski definition) is 2. The Bertz CT molecular complexity index is 924. The minimum Gasteiger partial charge on any atom is -0.384 e. The monoisotopic (exact) mass is 260 g/mol. The zero-order valence-corrected chi connectivity index (χ0v) is 10.7. The fourth-order valence-corrected chi connectivity index (χ4v) is 2.50. The summed E-state index contributed by atoms with van der Waals surface area (Å²) in [5.41, 5.74) is 9.66. The van der Waals surface area contributed by atoms with Gasteiger partial charge < -0.3 is 10.7 Å². The van der Waals surface area contributed by atoms with Gasteiger partial charge in [0.25, 0.3) is 0 Å². The number of nitrogens with one attached hydrogen (secondary N) is 1. The molecule has 20 heavy (non-hydrogen) atoms. The van der Waals surface area contributed by atoms with Crippen LogP contribution in [-0.2, 0) is 0 Å². The Morgan fingerprint density at radius 3 is 2.80 bits per heavy atom. The van der Waals surface area contributed by atoms with Gasteiger partial charge >= 0.3 is 0 Å². The van der Waals surface area contributed by atoms with Crippen molar-refractivity contribution in [2.45, 2.75) is 0 Å². The summed E-state index contributed by atoms with van der Waals surface area (Å²) >= 11 is 0. The molecule has 3 N–H and O–H groups in total. The molecule has 4 nitrogen and oxygen atoms in total. The molecule has 0 saturated heterocycles. The number of nitrogens with zero attached hydrogens (tertiary/aromatic N) is 2. The molecule has 0 aliphatic carbocycles. The van der Waals surface area contributed by atoms with Crippen LogP contribution in [0.1, 0.15) is 0 Å². The van der Waals surface area contributed by atoms with Crippen molar-refractivity contribution in [3.63, 3.8) is 0 Å². The van der Waals surface area contributed by atoms with Crippen molar-refractivity contribution in [2.75, 3.05) is 5.73 Å². The lowest BCUT2D eigenvalue weighted by Crippen LogP contribution is -1.91. The number of nitrogen functional groups attached to an aromatic ring is 1. The van der Waals surface area contributed by atoms with Gasteiger partial charge in [-0.3, -0.25) is 0 Å². The Kier molecular flexibility index (Phi) is 2.23. The number of hydrogen-bond acceptors (Lipinski definition) is 3. The van der Waals surface area contributed by atoms with Gasteiger partial charge in [-0.1, -0.05) is 12.1 Å². The molecule has 3 aromatic heterocycles. The second-order valence-corrected chi connectivity index (χ2v) is 4.73. The third-order valence-corrected chi connectivity index (χ3v) is 3.44. The van der Waals surface area contributed by atoms with E-state index >= 15 is 0 Å². The first-order valence-corrected chi connectivity index (χ1v) is 6.41. The quantitative estimate of drug-likeness (QED) is 0.551. The van der Waals surface area contributed by atoms with E-state index in [2.05, 4.69) is 33.2 Å². The lowest BCUT2D eigenvalue weighted by molar-refractivity contribution is 1.33. The molecule has 0 aliphatic heterocycles. The summed E-state index contributed by atoms with van der Waals surface area (Å²) in [6, 6.07) is 15.9. The molecule has 0 amide bonds. The first-order valence-electron chi connectivity index (χ1n) is 6.41. The molecule has 3 heterocycles. The maximum atomic E-state index is 5.75. The van der Waals surface area contributed by atoms with Crippen molar-refractivity contribution < 1.29 is 0 Å². The van der Waals surface area contributed by atoms with Gasteiger partial charge in [-0.05, 0) is 36.4 Å². The molecule has 0 unspecified atom stereocenters. The topological polar surface area (TPSA) is 67.6 Å². The third-order valence-electron chi connectivity index (χ3n) is 3.44. The van der Waals surface area contributed by atoms with E-state index in [-0.39, 0.29) is 0 Å². The van der Waals surface area contributed by atoms with E-state index in [0.29, 0.717) is 5.82 Å². The molecule has 0 aliphatic rings. The van der Waals surface area contributed by atoms with E-state index in [9.17, 15) is 0 Å². The Labute approximate surface area is 115 Å². The van der Waals surface area contributed by atoms with Crippen molar-refractivity contribution in [3.05, 3.63) is 54.7 Å². The van der Waals surface area contributed by atoms with Crippen LogP contribution in [0.5, 0.6) is 0 Å². The average Bonchev–Trinajstić information content (AvgIpc) is 2.85. The van der Waals surface area contributed by atoms with E-state index < -0.39 is 0 Å². The molecule has 0 radical (unpaired) electrons. The Balaban J connectivity index is 2.00. The van der Waals surface area contributed by atoms with Gasteiger partial charge in [-0.2, -0.15) is 0 Å². The van der Waals surface area contributed by atoms with Crippen LogP contribution in [0.4, 0.5) is 5.82 Å². The van der Waals surface area contributed by atoms with Crippen LogP contribution < -0.4 is 5.73 Å². The van der Waals surface area contributed by atoms with Crippen LogP contribution in [0.2, 0.25) is 0 Å². The number of benzene rings is 1. The Hall–Kier alpha value is -2.88. The first-order chi connectivity index (χ1) is 9.81. The SMILES string of the molecule is Nc1cccc(-c2ccc3[nH]c4ncccc4c3c2)n1. The predicted molar refractivity (Wildman–Crippen MR) is 81.2 cm³/mol. The van der Waals surface area contributed by atoms with Crippen molar-refractivity contribution in [1.82, 2.24) is 15.0 Å². The van der Waals surface area contributed by atoms with Crippen molar-refractivity contribution in [1.29, 1.82) is 0 Å². The molecule has 0 spiro atoms. The second-order valence-electron chi connectivity index (χ2n) is 4.73. The third kappa shape index (κ3) is 1.62. The zero-order chi connectivity index (χ0) is 13.5. The molecular formula is C16H12N4. The minimum atomic E-state index is 0.531. The van der Waals surface area contributed by atoms with Crippen LogP contribution in [0, 0.1) is 0 Å². The smallest absolute Gasteiger partial charge is 0.138 e. The van der Waals surface area contributed by atoms with E-state index in [0.717, 1.165) is 33.2 Å². The molecule has 4 rings (SSSR count). The summed E-state index contributed by atoms with van der Waals surface area (Å²) in [4.78, 5) is 12.0. The number of nitrogens with two attached hydrogens (primary N) is 1. The van der Waals surface area contributed by atoms with Gasteiger partial charge in [0.15, 0.2) is 0 Å². The first kappa shape index (κ1) is 11.0. The molecule has 4 heteroatoms. The Morgan fingerprint density at radius 2 is 1.90 bits per heavy atom. The van der Waals surface area contributed by atoms with Gasteiger partial charge in [-0.25, -0.2) is 9.97 Å². The van der Waals surface area contributed by atoms with Crippen LogP contribution in [0.3, 0.4) is 0 Å². The minimum absolute atomic E-state index is 0.531. The highest BCUT2D eigenvalue weighted by Gasteiger charge is 2.07. The largest absolute Gasteiger partial charge is 0.384 e. The summed E-state index contributed by atoms with van der Waals surface area (Å²) in [7, 11) is 0. The number of aromatic amines is 1. The number of rotatable bonds is 1. The summed E-state index contributed by atoms with van der Waals surface area (Å²) in [5, 5.41) is 2.27. The van der Waals surface area contributed by atoms with Gasteiger partial charge in [-0.15, -0.1) is 0 Å². The van der Waals surface area contributed by atoms with Gasteiger partial charge in [0, 0.05) is 28.0 Å². The number of H-pyrrole nitrogens is 1. The van der Waals surface area contributed by atoms with Gasteiger partial charge in [0.2, 0.25) is 0 Å². The highest BCUT2D eigenvalue weighted by atomic mass is 14.9. The average molecular weight is 260 g/mol. The van der Waals surface area contributed by atoms with E-state index in [1.165, 1.54) is 0 Å². The normalized spacial score (nSPS) is 11.2. The molecule has 1 aromatic carbocycles. The van der Waals surface area contributed by atoms with Crippen LogP contribution in [-0.4, -0.2) is 15.0 Å². The van der Waals surface area contributed by atoms with E-state index in [1.54, 1.807) is 12.3 Å². The van der Waals surface area contributed by atoms with Gasteiger partial charge in [0.05, 0.1) is 5.69 Å². The summed E-state index contributed by atoms with van der Waals surface area (Å²) < 4.78 is 0. The number of fused-ring (bicyclic) bond motifs is 3. The van der Waals surface area contributed by atoms with Crippen molar-refractivity contribution >= 4 is 27.8 Å². The molecule has 0 atom stereocenters. The molecule has 0 bridgehead atoms. The second kappa shape index (κ2) is 4.06. The highest BCUT2D eigenvalue weighted by Crippen LogP contribution is 2.28. The van der Waals surface area contributed by atoms with Crippen LogP contribution >= 0.6 is 0 Å². The lowest BCUT2D eigenvalue weighted by atomic mass is 10.1. The number of pyridine rings is 2. The summed E-state index contributed by atoms with van der Waals surface area (Å²) in [6.45, 7) is 0. The van der Waals surface area contributed by atoms with Crippen LogP contribution in [0.15, 0.2) is 54.7 Å². The molecule has 4 aromatic rings. The standard InChI is InChI=1S/C16H12N4/c17-15-5-1-4-13(19-15)10-6-7-14-12(9-10)11-3-2-8-18-16(11)20-14/h1-9H,(H2,17,19)(H,18,20). The predicted octanol–water partition coefficient (Wildman–Crippen LogP) is 3.36. The van der Waals surface area contributed by atoms with Gasteiger partial charge in [0.1, 0.15) is 11.5 Å². The maximum absolute atomic E-state index is 5.75. The zero-order valence-electron chi connectivity index (χ0n) is 10.7. The number of anilines is 1. The summed E-state index contributed by atoms with van der Waals surface area (Å²) in [6.07, 6.45) is 1.79. The molecule has 96 valence electrons. The van der Waals surface area contributed by atoms with Crippen LogP contribution in [0.25, 0.3) is 33.2 Å². The van der Waals surface area contributed by atoms with Crippen molar-refractivity contribution in [3.8, 4) is 11.3 Å². The van der Waals surface area contributed by atoms with Crippen molar-refractivity contribution in [2.24, 2.45) is 0 Å². The Morgan fingerprint density at radius 1 is 0.950 bits per heavy atom.